The average molecular weight is 581 g/mol. The molecule has 42 heavy (non-hydrogen) atoms. The van der Waals surface area contributed by atoms with Gasteiger partial charge in [-0.25, -0.2) is 9.78 Å². The van der Waals surface area contributed by atoms with Crippen LogP contribution in [0.3, 0.4) is 0 Å². The molecule has 210 valence electrons. The van der Waals surface area contributed by atoms with Crippen LogP contribution in [0.2, 0.25) is 5.02 Å². The van der Waals surface area contributed by atoms with Crippen LogP contribution in [0.4, 0.5) is 5.69 Å². The molecule has 0 radical (unpaired) electrons. The molecule has 1 aliphatic heterocycles. The van der Waals surface area contributed by atoms with Crippen molar-refractivity contribution in [3.05, 3.63) is 101 Å². The van der Waals surface area contributed by atoms with Crippen LogP contribution in [0, 0.1) is 11.8 Å². The molecule has 0 bridgehead atoms. The van der Waals surface area contributed by atoms with Crippen LogP contribution in [0.25, 0.3) is 22.2 Å². The molecule has 4 aromatic rings. The van der Waals surface area contributed by atoms with Crippen molar-refractivity contribution in [1.29, 1.82) is 0 Å². The van der Waals surface area contributed by atoms with Crippen molar-refractivity contribution in [2.45, 2.75) is 12.8 Å². The summed E-state index contributed by atoms with van der Waals surface area (Å²) in [5.41, 5.74) is 2.51. The van der Waals surface area contributed by atoms with Crippen LogP contribution in [0.1, 0.15) is 33.6 Å². The zero-order valence-corrected chi connectivity index (χ0v) is 23.3. The van der Waals surface area contributed by atoms with Crippen LogP contribution in [-0.2, 0) is 14.3 Å². The van der Waals surface area contributed by atoms with Gasteiger partial charge < -0.3 is 9.47 Å². The fourth-order valence-corrected chi connectivity index (χ4v) is 5.67. The van der Waals surface area contributed by atoms with E-state index < -0.39 is 12.6 Å². The van der Waals surface area contributed by atoms with E-state index in [9.17, 15) is 19.2 Å². The largest absolute Gasteiger partial charge is 0.497 e. The Balaban J connectivity index is 1.28. The van der Waals surface area contributed by atoms with E-state index in [4.69, 9.17) is 21.1 Å². The van der Waals surface area contributed by atoms with Gasteiger partial charge in [0.2, 0.25) is 11.8 Å². The lowest BCUT2D eigenvalue weighted by molar-refractivity contribution is -0.122. The normalized spacial score (nSPS) is 17.8. The molecule has 1 fully saturated rings. The maximum Gasteiger partial charge on any atom is 0.339 e. The smallest absolute Gasteiger partial charge is 0.339 e. The van der Waals surface area contributed by atoms with Gasteiger partial charge in [-0.1, -0.05) is 60.2 Å². The highest BCUT2D eigenvalue weighted by atomic mass is 35.5. The molecule has 9 heteroatoms. The number of methoxy groups -OCH3 is 1. The summed E-state index contributed by atoms with van der Waals surface area (Å²) in [6.45, 7) is -0.462. The number of allylic oxidation sites excluding steroid dienone is 2. The number of halogens is 1. The first kappa shape index (κ1) is 27.4. The number of ether oxygens (including phenoxy) is 2. The van der Waals surface area contributed by atoms with Crippen molar-refractivity contribution >= 4 is 51.8 Å². The number of anilines is 1. The summed E-state index contributed by atoms with van der Waals surface area (Å²) in [7, 11) is 1.50. The number of fused-ring (bicyclic) bond motifs is 2. The molecule has 2 aliphatic rings. The Morgan fingerprint density at radius 3 is 2.31 bits per heavy atom. The van der Waals surface area contributed by atoms with Gasteiger partial charge in [0.15, 0.2) is 12.4 Å². The molecular formula is C33H25ClN2O6. The Labute approximate surface area is 246 Å². The van der Waals surface area contributed by atoms with Crippen molar-refractivity contribution in [2.75, 3.05) is 18.6 Å². The lowest BCUT2D eigenvalue weighted by atomic mass is 9.85. The first-order chi connectivity index (χ1) is 20.4. The topological polar surface area (TPSA) is 103 Å². The van der Waals surface area contributed by atoms with Gasteiger partial charge in [0.05, 0.1) is 46.4 Å². The maximum absolute atomic E-state index is 13.3. The number of hydrogen-bond acceptors (Lipinski definition) is 7. The van der Waals surface area contributed by atoms with Crippen molar-refractivity contribution in [3.63, 3.8) is 0 Å². The molecule has 1 aromatic heterocycles. The summed E-state index contributed by atoms with van der Waals surface area (Å²) in [4.78, 5) is 57.9. The first-order valence-electron chi connectivity index (χ1n) is 13.4. The summed E-state index contributed by atoms with van der Waals surface area (Å²) in [6, 6.07) is 20.1. The number of imide groups is 1. The standard InChI is InChI=1S/C33H25ClN2O6/c1-41-22-7-4-6-20(16-22)29(37)18-42-33(40)26-17-28(35-30-23(26)10-5-11-27(30)34)19-12-14-21(15-13-19)36-31(38)24-8-2-3-9-25(24)32(36)39/h2-7,10-17,24-25H,8-9,18H2,1H3. The summed E-state index contributed by atoms with van der Waals surface area (Å²) in [5, 5.41) is 0.822. The van der Waals surface area contributed by atoms with E-state index in [1.165, 1.54) is 12.0 Å². The molecule has 6 rings (SSSR count). The van der Waals surface area contributed by atoms with Crippen LogP contribution in [0.15, 0.2) is 84.9 Å². The van der Waals surface area contributed by atoms with E-state index in [-0.39, 0.29) is 35.0 Å². The third-order valence-corrected chi connectivity index (χ3v) is 7.97. The van der Waals surface area contributed by atoms with Crippen LogP contribution in [0.5, 0.6) is 5.75 Å². The Hall–Kier alpha value is -4.82. The number of benzene rings is 3. The molecule has 3 aromatic carbocycles. The fourth-order valence-electron chi connectivity index (χ4n) is 5.46. The van der Waals surface area contributed by atoms with Gasteiger partial charge in [-0.05, 0) is 49.2 Å². The predicted octanol–water partition coefficient (Wildman–Crippen LogP) is 6.06. The molecule has 1 aliphatic carbocycles. The molecule has 0 N–H and O–H groups in total. The van der Waals surface area contributed by atoms with E-state index in [1.54, 1.807) is 72.8 Å². The van der Waals surface area contributed by atoms with Gasteiger partial charge in [0.25, 0.3) is 0 Å². The lowest BCUT2D eigenvalue weighted by Gasteiger charge is -2.16. The number of pyridine rings is 1. The second-order valence-electron chi connectivity index (χ2n) is 10.1. The number of nitrogens with zero attached hydrogens (tertiary/aromatic N) is 2. The third kappa shape index (κ3) is 4.94. The highest BCUT2D eigenvalue weighted by molar-refractivity contribution is 6.35. The molecule has 2 amide bonds. The van der Waals surface area contributed by atoms with Crippen LogP contribution >= 0.6 is 11.6 Å². The quantitative estimate of drug-likeness (QED) is 0.113. The summed E-state index contributed by atoms with van der Waals surface area (Å²) < 4.78 is 10.6. The highest BCUT2D eigenvalue weighted by Gasteiger charge is 2.47. The van der Waals surface area contributed by atoms with Gasteiger partial charge in [-0.15, -0.1) is 0 Å². The number of carbonyl (C=O) groups excluding carboxylic acids is 4. The number of rotatable bonds is 7. The van der Waals surface area contributed by atoms with Crippen LogP contribution in [-0.4, -0.2) is 42.3 Å². The lowest BCUT2D eigenvalue weighted by Crippen LogP contribution is -2.30. The van der Waals surface area contributed by atoms with E-state index in [2.05, 4.69) is 4.98 Å². The van der Waals surface area contributed by atoms with Crippen molar-refractivity contribution < 1.29 is 28.7 Å². The molecule has 2 heterocycles. The van der Waals surface area contributed by atoms with Gasteiger partial charge >= 0.3 is 5.97 Å². The highest BCUT2D eigenvalue weighted by Crippen LogP contribution is 2.38. The summed E-state index contributed by atoms with van der Waals surface area (Å²) in [5.74, 6) is -1.59. The SMILES string of the molecule is COc1cccc(C(=O)COC(=O)c2cc(-c3ccc(N4C(=O)C5CC=CCC5C4=O)cc3)nc3c(Cl)cccc23)c1. The summed E-state index contributed by atoms with van der Waals surface area (Å²) in [6.07, 6.45) is 5.03. The van der Waals surface area contributed by atoms with Gasteiger partial charge in [0, 0.05) is 16.5 Å². The Morgan fingerprint density at radius 1 is 0.929 bits per heavy atom. The number of aromatic nitrogens is 1. The molecule has 0 spiro atoms. The monoisotopic (exact) mass is 580 g/mol. The number of hydrogen-bond donors (Lipinski definition) is 0. The minimum Gasteiger partial charge on any atom is -0.497 e. The second-order valence-corrected chi connectivity index (χ2v) is 10.5. The number of carbonyl (C=O) groups is 4. The molecule has 2 unspecified atom stereocenters. The van der Waals surface area contributed by atoms with E-state index in [0.29, 0.717) is 57.0 Å². The number of para-hydroxylation sites is 1. The third-order valence-electron chi connectivity index (χ3n) is 7.67. The van der Waals surface area contributed by atoms with E-state index in [1.807, 2.05) is 12.2 Å². The second kappa shape index (κ2) is 11.2. The zero-order chi connectivity index (χ0) is 29.4. The minimum atomic E-state index is -0.705. The minimum absolute atomic E-state index is 0.189. The maximum atomic E-state index is 13.3. The Bertz CT molecular complexity index is 1760. The summed E-state index contributed by atoms with van der Waals surface area (Å²) >= 11 is 6.47. The van der Waals surface area contributed by atoms with Gasteiger partial charge in [-0.3, -0.25) is 19.3 Å². The Morgan fingerprint density at radius 2 is 1.62 bits per heavy atom. The average Bonchev–Trinajstić information content (AvgIpc) is 3.28. The molecular weight excluding hydrogens is 556 g/mol. The van der Waals surface area contributed by atoms with E-state index in [0.717, 1.165) is 0 Å². The predicted molar refractivity (Wildman–Crippen MR) is 158 cm³/mol. The fraction of sp³-hybridized carbons (Fsp3) is 0.182. The van der Waals surface area contributed by atoms with E-state index >= 15 is 0 Å². The van der Waals surface area contributed by atoms with Crippen molar-refractivity contribution in [3.8, 4) is 17.0 Å². The number of Topliss-reactive ketones (excluding diaryl/α,β-unsaturated/α-hetero) is 1. The number of amides is 2. The molecule has 2 atom stereocenters. The Kier molecular flexibility index (Phi) is 7.31. The molecule has 8 nitrogen and oxygen atoms in total. The molecule has 1 saturated heterocycles. The zero-order valence-electron chi connectivity index (χ0n) is 22.6. The van der Waals surface area contributed by atoms with Crippen molar-refractivity contribution in [2.24, 2.45) is 11.8 Å². The molecule has 0 saturated carbocycles. The van der Waals surface area contributed by atoms with Crippen LogP contribution < -0.4 is 9.64 Å². The van der Waals surface area contributed by atoms with Gasteiger partial charge in [0.1, 0.15) is 5.75 Å². The van der Waals surface area contributed by atoms with Gasteiger partial charge in [-0.2, -0.15) is 0 Å². The first-order valence-corrected chi connectivity index (χ1v) is 13.8. The number of ketones is 1. The number of esters is 1. The van der Waals surface area contributed by atoms with Crippen molar-refractivity contribution in [1.82, 2.24) is 4.98 Å².